The Hall–Kier alpha value is -2.75. The number of halogens is 2. The molecule has 1 atom stereocenters. The second-order valence-corrected chi connectivity index (χ2v) is 10.0. The first-order chi connectivity index (χ1) is 16.7. The molecule has 0 aliphatic rings. The summed E-state index contributed by atoms with van der Waals surface area (Å²) in [5.41, 5.74) is 0.977. The van der Waals surface area contributed by atoms with Gasteiger partial charge in [-0.2, -0.15) is 0 Å². The van der Waals surface area contributed by atoms with Crippen molar-refractivity contribution in [1.29, 1.82) is 0 Å². The first kappa shape index (κ1) is 26.8. The van der Waals surface area contributed by atoms with Gasteiger partial charge in [0.2, 0.25) is 5.91 Å². The van der Waals surface area contributed by atoms with Crippen LogP contribution in [-0.2, 0) is 11.8 Å². The molecule has 2 N–H and O–H groups in total. The van der Waals surface area contributed by atoms with Gasteiger partial charge in [-0.1, -0.05) is 54.9 Å². The number of nitrogens with one attached hydrogen (secondary N) is 2. The van der Waals surface area contributed by atoms with Crippen molar-refractivity contribution in [3.05, 3.63) is 63.9 Å². The van der Waals surface area contributed by atoms with Crippen molar-refractivity contribution in [1.82, 2.24) is 20.1 Å². The number of hydrogen-bond donors (Lipinski definition) is 2. The lowest BCUT2D eigenvalue weighted by atomic mass is 10.0. The number of hydrogen-bond acceptors (Lipinski definition) is 6. The van der Waals surface area contributed by atoms with E-state index in [4.69, 9.17) is 27.9 Å². The van der Waals surface area contributed by atoms with Gasteiger partial charge in [0, 0.05) is 23.8 Å². The van der Waals surface area contributed by atoms with Crippen LogP contribution in [0.25, 0.3) is 0 Å². The van der Waals surface area contributed by atoms with Crippen LogP contribution in [0.3, 0.4) is 0 Å². The minimum Gasteiger partial charge on any atom is -0.497 e. The molecule has 0 radical (unpaired) electrons. The molecule has 0 unspecified atom stereocenters. The van der Waals surface area contributed by atoms with Crippen molar-refractivity contribution in [2.45, 2.75) is 31.5 Å². The summed E-state index contributed by atoms with van der Waals surface area (Å²) in [4.78, 5) is 25.4. The monoisotopic (exact) mass is 535 g/mol. The Labute approximate surface area is 218 Å². The summed E-state index contributed by atoms with van der Waals surface area (Å²) in [6.45, 7) is 4.12. The summed E-state index contributed by atoms with van der Waals surface area (Å²) in [7, 11) is 3.38. The quantitative estimate of drug-likeness (QED) is 0.338. The maximum atomic E-state index is 12.9. The van der Waals surface area contributed by atoms with Crippen molar-refractivity contribution in [3.8, 4) is 5.75 Å². The van der Waals surface area contributed by atoms with E-state index < -0.39 is 6.04 Å². The Balaban J connectivity index is 1.69. The highest BCUT2D eigenvalue weighted by Crippen LogP contribution is 2.26. The average molecular weight is 536 g/mol. The second-order valence-electron chi connectivity index (χ2n) is 8.25. The number of thioether (sulfide) groups is 1. The number of ether oxygens (including phenoxy) is 1. The number of nitrogens with zero attached hydrogens (tertiary/aromatic N) is 3. The van der Waals surface area contributed by atoms with E-state index in [2.05, 4.69) is 34.7 Å². The zero-order valence-electron chi connectivity index (χ0n) is 19.8. The molecule has 2 amide bonds. The van der Waals surface area contributed by atoms with Gasteiger partial charge in [0.05, 0.1) is 29.5 Å². The van der Waals surface area contributed by atoms with Crippen LogP contribution in [0, 0.1) is 5.92 Å². The third kappa shape index (κ3) is 7.37. The molecule has 0 bridgehead atoms. The standard InChI is InChI=1S/C24H27Cl2N5O3S/c1-14(2)10-20(28-23(33)18-9-8-15(25)11-19(18)26)22-29-30-24(31(22)3)35-13-21(32)27-16-6-5-7-17(12-16)34-4/h5-9,11-12,14,20H,10,13H2,1-4H3,(H,27,32)(H,28,33)/t20-/m0/s1. The Morgan fingerprint density at radius 2 is 1.91 bits per heavy atom. The molecule has 11 heteroatoms. The molecule has 8 nitrogen and oxygen atoms in total. The zero-order chi connectivity index (χ0) is 25.5. The van der Waals surface area contributed by atoms with Gasteiger partial charge in [0.25, 0.3) is 5.91 Å². The number of anilines is 1. The third-order valence-electron chi connectivity index (χ3n) is 5.05. The van der Waals surface area contributed by atoms with Crippen LogP contribution in [0.15, 0.2) is 47.6 Å². The lowest BCUT2D eigenvalue weighted by molar-refractivity contribution is -0.113. The van der Waals surface area contributed by atoms with Crippen molar-refractivity contribution >= 4 is 52.5 Å². The number of aromatic nitrogens is 3. The van der Waals surface area contributed by atoms with E-state index in [1.165, 1.54) is 17.8 Å². The van der Waals surface area contributed by atoms with Crippen molar-refractivity contribution in [2.24, 2.45) is 13.0 Å². The Morgan fingerprint density at radius 3 is 2.60 bits per heavy atom. The summed E-state index contributed by atoms with van der Waals surface area (Å²) < 4.78 is 6.97. The molecular weight excluding hydrogens is 509 g/mol. The van der Waals surface area contributed by atoms with Gasteiger partial charge in [0.1, 0.15) is 5.75 Å². The van der Waals surface area contributed by atoms with Crippen LogP contribution in [-0.4, -0.2) is 39.4 Å². The minimum absolute atomic E-state index is 0.144. The minimum atomic E-state index is -0.397. The molecule has 3 rings (SSSR count). The molecule has 2 aromatic carbocycles. The third-order valence-corrected chi connectivity index (χ3v) is 6.62. The Kier molecular flexibility index (Phi) is 9.42. The molecule has 0 saturated carbocycles. The topological polar surface area (TPSA) is 98.1 Å². The van der Waals surface area contributed by atoms with Gasteiger partial charge in [0.15, 0.2) is 11.0 Å². The molecule has 0 fully saturated rings. The highest BCUT2D eigenvalue weighted by molar-refractivity contribution is 7.99. The van der Waals surface area contributed by atoms with Crippen LogP contribution in [0.5, 0.6) is 5.75 Å². The molecule has 0 aliphatic heterocycles. The number of methoxy groups -OCH3 is 1. The summed E-state index contributed by atoms with van der Waals surface area (Å²) >= 11 is 13.4. The molecule has 1 aromatic heterocycles. The highest BCUT2D eigenvalue weighted by atomic mass is 35.5. The predicted molar refractivity (Wildman–Crippen MR) is 139 cm³/mol. The summed E-state index contributed by atoms with van der Waals surface area (Å²) in [5.74, 6) is 1.16. The molecular formula is C24H27Cl2N5O3S. The van der Waals surface area contributed by atoms with E-state index in [-0.39, 0.29) is 28.5 Å². The molecule has 1 heterocycles. The van der Waals surface area contributed by atoms with E-state index >= 15 is 0 Å². The number of benzene rings is 2. The van der Waals surface area contributed by atoms with Crippen molar-refractivity contribution in [3.63, 3.8) is 0 Å². The number of amides is 2. The van der Waals surface area contributed by atoms with Gasteiger partial charge in [-0.25, -0.2) is 0 Å². The maximum Gasteiger partial charge on any atom is 0.253 e. The van der Waals surface area contributed by atoms with Crippen LogP contribution < -0.4 is 15.4 Å². The first-order valence-electron chi connectivity index (χ1n) is 10.9. The summed E-state index contributed by atoms with van der Waals surface area (Å²) in [6, 6.07) is 11.5. The Bertz CT molecular complexity index is 1200. The molecule has 3 aromatic rings. The van der Waals surface area contributed by atoms with E-state index in [0.717, 1.165) is 0 Å². The smallest absolute Gasteiger partial charge is 0.253 e. The van der Waals surface area contributed by atoms with Gasteiger partial charge >= 0.3 is 0 Å². The fourth-order valence-electron chi connectivity index (χ4n) is 3.39. The summed E-state index contributed by atoms with van der Waals surface area (Å²) in [5, 5.41) is 15.7. The number of carbonyl (C=O) groups excluding carboxylic acids is 2. The SMILES string of the molecule is COc1cccc(NC(=O)CSc2nnc([C@H](CC(C)C)NC(=O)c3ccc(Cl)cc3Cl)n2C)c1. The van der Waals surface area contributed by atoms with E-state index in [9.17, 15) is 9.59 Å². The zero-order valence-corrected chi connectivity index (χ0v) is 22.2. The van der Waals surface area contributed by atoms with Crippen LogP contribution in [0.1, 0.15) is 42.5 Å². The van der Waals surface area contributed by atoms with Gasteiger partial charge in [-0.3, -0.25) is 9.59 Å². The lowest BCUT2D eigenvalue weighted by Crippen LogP contribution is -2.31. The maximum absolute atomic E-state index is 12.9. The van der Waals surface area contributed by atoms with E-state index in [1.54, 1.807) is 48.1 Å². The molecule has 0 saturated heterocycles. The summed E-state index contributed by atoms with van der Waals surface area (Å²) in [6.07, 6.45) is 0.643. The molecule has 0 aliphatic carbocycles. The Morgan fingerprint density at radius 1 is 1.14 bits per heavy atom. The largest absolute Gasteiger partial charge is 0.497 e. The van der Waals surface area contributed by atoms with Gasteiger partial charge in [-0.05, 0) is 42.7 Å². The normalized spacial score (nSPS) is 11.9. The first-order valence-corrected chi connectivity index (χ1v) is 12.6. The van der Waals surface area contributed by atoms with Gasteiger partial charge < -0.3 is 19.9 Å². The second kappa shape index (κ2) is 12.3. The fraction of sp³-hybridized carbons (Fsp3) is 0.333. The van der Waals surface area contributed by atoms with Gasteiger partial charge in [-0.15, -0.1) is 10.2 Å². The van der Waals surface area contributed by atoms with Crippen LogP contribution >= 0.6 is 35.0 Å². The van der Waals surface area contributed by atoms with Crippen molar-refractivity contribution in [2.75, 3.05) is 18.2 Å². The van der Waals surface area contributed by atoms with E-state index in [0.29, 0.717) is 39.4 Å². The highest BCUT2D eigenvalue weighted by Gasteiger charge is 2.24. The van der Waals surface area contributed by atoms with Crippen LogP contribution in [0.4, 0.5) is 5.69 Å². The van der Waals surface area contributed by atoms with E-state index in [1.807, 2.05) is 7.05 Å². The predicted octanol–water partition coefficient (Wildman–Crippen LogP) is 5.38. The number of rotatable bonds is 10. The van der Waals surface area contributed by atoms with Crippen molar-refractivity contribution < 1.29 is 14.3 Å². The molecule has 0 spiro atoms. The molecule has 186 valence electrons. The fourth-order valence-corrected chi connectivity index (χ4v) is 4.61. The van der Waals surface area contributed by atoms with Crippen LogP contribution in [0.2, 0.25) is 10.0 Å². The average Bonchev–Trinajstić information content (AvgIpc) is 3.17. The number of carbonyl (C=O) groups is 2. The molecule has 35 heavy (non-hydrogen) atoms. The lowest BCUT2D eigenvalue weighted by Gasteiger charge is -2.20.